The van der Waals surface area contributed by atoms with Crippen molar-refractivity contribution in [3.05, 3.63) is 64.1 Å². The van der Waals surface area contributed by atoms with Crippen LogP contribution in [0.15, 0.2) is 47.4 Å². The SMILES string of the molecule is Cc1ccc(N2C(=O)C(SCCO)=C(c3ccc(OCC(C)C)cc3)C2=O)cc1C. The maximum atomic E-state index is 13.3. The van der Waals surface area contributed by atoms with Gasteiger partial charge in [0, 0.05) is 5.75 Å². The first-order chi connectivity index (χ1) is 14.3. The number of rotatable bonds is 8. The highest BCUT2D eigenvalue weighted by atomic mass is 32.2. The van der Waals surface area contributed by atoms with Crippen molar-refractivity contribution in [3.8, 4) is 5.75 Å². The highest BCUT2D eigenvalue weighted by Crippen LogP contribution is 2.39. The smallest absolute Gasteiger partial charge is 0.272 e. The van der Waals surface area contributed by atoms with Crippen LogP contribution in [0.25, 0.3) is 5.57 Å². The first-order valence-corrected chi connectivity index (χ1v) is 11.0. The Balaban J connectivity index is 1.96. The summed E-state index contributed by atoms with van der Waals surface area (Å²) < 4.78 is 5.72. The number of ether oxygens (including phenoxy) is 1. The number of carbonyl (C=O) groups excluding carboxylic acids is 2. The van der Waals surface area contributed by atoms with E-state index in [9.17, 15) is 14.7 Å². The average molecular weight is 426 g/mol. The zero-order valence-electron chi connectivity index (χ0n) is 17.8. The van der Waals surface area contributed by atoms with Gasteiger partial charge in [0.15, 0.2) is 0 Å². The van der Waals surface area contributed by atoms with Gasteiger partial charge < -0.3 is 9.84 Å². The van der Waals surface area contributed by atoms with Crippen molar-refractivity contribution in [1.29, 1.82) is 0 Å². The summed E-state index contributed by atoms with van der Waals surface area (Å²) in [5.74, 6) is 0.778. The van der Waals surface area contributed by atoms with Gasteiger partial charge in [-0.05, 0) is 60.7 Å². The van der Waals surface area contributed by atoms with Crippen LogP contribution in [0.5, 0.6) is 5.75 Å². The van der Waals surface area contributed by atoms with E-state index in [0.29, 0.717) is 40.0 Å². The van der Waals surface area contributed by atoms with Gasteiger partial charge in [-0.25, -0.2) is 4.90 Å². The van der Waals surface area contributed by atoms with E-state index < -0.39 is 0 Å². The predicted octanol–water partition coefficient (Wildman–Crippen LogP) is 4.35. The summed E-state index contributed by atoms with van der Waals surface area (Å²) in [5, 5.41) is 9.26. The fourth-order valence-corrected chi connectivity index (χ4v) is 3.99. The molecule has 0 saturated heterocycles. The first-order valence-electron chi connectivity index (χ1n) is 10.0. The molecule has 2 aromatic rings. The molecule has 30 heavy (non-hydrogen) atoms. The molecule has 6 heteroatoms. The molecule has 0 aromatic heterocycles. The van der Waals surface area contributed by atoms with E-state index in [2.05, 4.69) is 13.8 Å². The molecule has 0 bridgehead atoms. The molecule has 2 amide bonds. The molecule has 1 aliphatic rings. The summed E-state index contributed by atoms with van der Waals surface area (Å²) in [5.41, 5.74) is 3.70. The zero-order valence-corrected chi connectivity index (χ0v) is 18.6. The van der Waals surface area contributed by atoms with Gasteiger partial charge in [0.25, 0.3) is 11.8 Å². The fraction of sp³-hybridized carbons (Fsp3) is 0.333. The minimum absolute atomic E-state index is 0.0749. The molecule has 1 heterocycles. The molecule has 2 aromatic carbocycles. The number of aliphatic hydroxyl groups is 1. The third-order valence-electron chi connectivity index (χ3n) is 4.85. The standard InChI is InChI=1S/C24H27NO4S/c1-15(2)14-29-20-9-6-18(7-10-20)21-22(30-12-11-26)24(28)25(23(21)27)19-8-5-16(3)17(4)13-19/h5-10,13,15,26H,11-12,14H2,1-4H3. The number of hydrogen-bond donors (Lipinski definition) is 1. The number of carbonyl (C=O) groups is 2. The number of nitrogens with zero attached hydrogens (tertiary/aromatic N) is 1. The van der Waals surface area contributed by atoms with E-state index in [-0.39, 0.29) is 18.4 Å². The Labute approximate surface area is 181 Å². The molecule has 0 radical (unpaired) electrons. The Bertz CT molecular complexity index is 979. The lowest BCUT2D eigenvalue weighted by atomic mass is 10.1. The summed E-state index contributed by atoms with van der Waals surface area (Å²) in [6.45, 7) is 8.63. The molecule has 0 fully saturated rings. The number of amides is 2. The predicted molar refractivity (Wildman–Crippen MR) is 122 cm³/mol. The van der Waals surface area contributed by atoms with Gasteiger partial charge in [-0.2, -0.15) is 0 Å². The van der Waals surface area contributed by atoms with Crippen LogP contribution in [0.2, 0.25) is 0 Å². The van der Waals surface area contributed by atoms with Crippen LogP contribution in [0.4, 0.5) is 5.69 Å². The average Bonchev–Trinajstić information content (AvgIpc) is 2.97. The molecule has 0 aliphatic carbocycles. The monoisotopic (exact) mass is 425 g/mol. The Kier molecular flexibility index (Phi) is 7.00. The van der Waals surface area contributed by atoms with Gasteiger partial charge in [0.1, 0.15) is 5.75 Å². The van der Waals surface area contributed by atoms with E-state index in [1.165, 1.54) is 16.7 Å². The molecule has 158 valence electrons. The van der Waals surface area contributed by atoms with Crippen molar-refractivity contribution < 1.29 is 19.4 Å². The van der Waals surface area contributed by atoms with Gasteiger partial charge in [-0.1, -0.05) is 32.0 Å². The van der Waals surface area contributed by atoms with E-state index in [1.54, 1.807) is 18.2 Å². The minimum atomic E-state index is -0.350. The quantitative estimate of drug-likeness (QED) is 0.637. The molecule has 1 N–H and O–H groups in total. The molecule has 0 saturated carbocycles. The third-order valence-corrected chi connectivity index (χ3v) is 5.91. The van der Waals surface area contributed by atoms with Gasteiger partial charge in [-0.3, -0.25) is 9.59 Å². The molecule has 0 unspecified atom stereocenters. The van der Waals surface area contributed by atoms with E-state index in [4.69, 9.17) is 4.74 Å². The summed E-state index contributed by atoms with van der Waals surface area (Å²) in [6.07, 6.45) is 0. The molecular formula is C24H27NO4S. The van der Waals surface area contributed by atoms with Crippen LogP contribution in [-0.2, 0) is 9.59 Å². The fourth-order valence-electron chi connectivity index (χ4n) is 3.13. The topological polar surface area (TPSA) is 66.8 Å². The number of hydrogen-bond acceptors (Lipinski definition) is 5. The number of anilines is 1. The first kappa shape index (κ1) is 22.1. The van der Waals surface area contributed by atoms with Gasteiger partial charge in [0.2, 0.25) is 0 Å². The van der Waals surface area contributed by atoms with Crippen molar-refractivity contribution in [2.24, 2.45) is 5.92 Å². The Hall–Kier alpha value is -2.57. The maximum Gasteiger partial charge on any atom is 0.272 e. The molecule has 0 spiro atoms. The van der Waals surface area contributed by atoms with Crippen molar-refractivity contribution in [3.63, 3.8) is 0 Å². The highest BCUT2D eigenvalue weighted by molar-refractivity contribution is 8.04. The van der Waals surface area contributed by atoms with E-state index >= 15 is 0 Å². The van der Waals surface area contributed by atoms with Crippen molar-refractivity contribution in [1.82, 2.24) is 0 Å². The van der Waals surface area contributed by atoms with Gasteiger partial charge >= 0.3 is 0 Å². The number of benzene rings is 2. The van der Waals surface area contributed by atoms with E-state index in [1.807, 2.05) is 38.1 Å². The molecule has 3 rings (SSSR count). The van der Waals surface area contributed by atoms with Gasteiger partial charge in [0.05, 0.1) is 29.4 Å². The number of imide groups is 1. The largest absolute Gasteiger partial charge is 0.493 e. The van der Waals surface area contributed by atoms with Crippen molar-refractivity contribution in [2.45, 2.75) is 27.7 Å². The Morgan fingerprint density at radius 2 is 1.70 bits per heavy atom. The molecule has 0 atom stereocenters. The van der Waals surface area contributed by atoms with Crippen LogP contribution >= 0.6 is 11.8 Å². The second-order valence-corrected chi connectivity index (χ2v) is 8.82. The summed E-state index contributed by atoms with van der Waals surface area (Å²) in [4.78, 5) is 28.1. The van der Waals surface area contributed by atoms with Crippen LogP contribution in [0, 0.1) is 19.8 Å². The number of aryl methyl sites for hydroxylation is 2. The van der Waals surface area contributed by atoms with Crippen molar-refractivity contribution in [2.75, 3.05) is 23.9 Å². The normalized spacial score (nSPS) is 14.3. The summed E-state index contributed by atoms with van der Waals surface area (Å²) in [7, 11) is 0. The lowest BCUT2D eigenvalue weighted by Crippen LogP contribution is -2.31. The van der Waals surface area contributed by atoms with Crippen molar-refractivity contribution >= 4 is 34.8 Å². The highest BCUT2D eigenvalue weighted by Gasteiger charge is 2.40. The molecule has 1 aliphatic heterocycles. The Morgan fingerprint density at radius 3 is 2.30 bits per heavy atom. The third kappa shape index (κ3) is 4.60. The summed E-state index contributed by atoms with van der Waals surface area (Å²) in [6, 6.07) is 12.8. The second-order valence-electron chi connectivity index (χ2n) is 7.72. The minimum Gasteiger partial charge on any atom is -0.493 e. The lowest BCUT2D eigenvalue weighted by Gasteiger charge is -2.16. The number of aliphatic hydroxyl groups excluding tert-OH is 1. The van der Waals surface area contributed by atoms with Crippen LogP contribution in [0.1, 0.15) is 30.5 Å². The van der Waals surface area contributed by atoms with Crippen LogP contribution in [-0.4, -0.2) is 35.9 Å². The second kappa shape index (κ2) is 9.49. The summed E-state index contributed by atoms with van der Waals surface area (Å²) >= 11 is 1.21. The Morgan fingerprint density at radius 1 is 1.00 bits per heavy atom. The molecular weight excluding hydrogens is 398 g/mol. The van der Waals surface area contributed by atoms with Crippen LogP contribution in [0.3, 0.4) is 0 Å². The maximum absolute atomic E-state index is 13.3. The van der Waals surface area contributed by atoms with Crippen LogP contribution < -0.4 is 9.64 Å². The van der Waals surface area contributed by atoms with Gasteiger partial charge in [-0.15, -0.1) is 11.8 Å². The zero-order chi connectivity index (χ0) is 21.8. The lowest BCUT2D eigenvalue weighted by molar-refractivity contribution is -0.119. The molecule has 5 nitrogen and oxygen atoms in total. The number of thioether (sulfide) groups is 1. The van der Waals surface area contributed by atoms with E-state index in [0.717, 1.165) is 16.9 Å².